The van der Waals surface area contributed by atoms with E-state index in [4.69, 9.17) is 0 Å². The molecule has 0 aliphatic rings. The molecule has 0 spiro atoms. The first-order valence-corrected chi connectivity index (χ1v) is 16.9. The van der Waals surface area contributed by atoms with Gasteiger partial charge in [0, 0.05) is 17.1 Å². The maximum Gasteiger partial charge on any atom is 0.0468 e. The number of hydrogen-bond acceptors (Lipinski definition) is 1. The van der Waals surface area contributed by atoms with Gasteiger partial charge in [-0.2, -0.15) is 0 Å². The van der Waals surface area contributed by atoms with Crippen LogP contribution < -0.4 is 4.90 Å². The zero-order valence-electron chi connectivity index (χ0n) is 26.8. The summed E-state index contributed by atoms with van der Waals surface area (Å²) < 4.78 is 0. The van der Waals surface area contributed by atoms with Gasteiger partial charge in [-0.25, -0.2) is 0 Å². The van der Waals surface area contributed by atoms with Crippen LogP contribution >= 0.6 is 0 Å². The standard InChI is InChI=1S/C48H31N/c1-2-12-34-28-36(22-20-32(34)10-1)35-13-9-14-38(29-35)49(39-24-26-42-37(30-39)23-21-33-11-3-4-15-41(33)42)40-25-27-47-45-18-6-5-16-43(45)44-17-7-8-19-46(44)48(47)31-40/h1-31H. The van der Waals surface area contributed by atoms with Crippen molar-refractivity contribution < 1.29 is 0 Å². The van der Waals surface area contributed by atoms with Gasteiger partial charge < -0.3 is 4.90 Å². The molecule has 0 atom stereocenters. The molecule has 10 rings (SSSR count). The maximum atomic E-state index is 2.42. The summed E-state index contributed by atoms with van der Waals surface area (Å²) in [7, 11) is 0. The summed E-state index contributed by atoms with van der Waals surface area (Å²) in [5, 5.41) is 15.2. The van der Waals surface area contributed by atoms with E-state index in [1.165, 1.54) is 75.8 Å². The minimum atomic E-state index is 1.12. The number of fused-ring (bicyclic) bond motifs is 10. The van der Waals surface area contributed by atoms with Crippen molar-refractivity contribution >= 4 is 81.7 Å². The smallest absolute Gasteiger partial charge is 0.0468 e. The van der Waals surface area contributed by atoms with Crippen LogP contribution in [0.5, 0.6) is 0 Å². The fraction of sp³-hybridized carbons (Fsp3) is 0. The van der Waals surface area contributed by atoms with Crippen LogP contribution in [-0.2, 0) is 0 Å². The topological polar surface area (TPSA) is 3.24 Å². The average molecular weight is 622 g/mol. The Bertz CT molecular complexity index is 2860. The largest absolute Gasteiger partial charge is 0.310 e. The summed E-state index contributed by atoms with van der Waals surface area (Å²) in [6, 6.07) is 68.9. The number of nitrogens with zero attached hydrogens (tertiary/aromatic N) is 1. The first-order chi connectivity index (χ1) is 24.3. The van der Waals surface area contributed by atoms with E-state index >= 15 is 0 Å². The molecule has 0 bridgehead atoms. The van der Waals surface area contributed by atoms with Crippen LogP contribution in [0.3, 0.4) is 0 Å². The molecule has 49 heavy (non-hydrogen) atoms. The van der Waals surface area contributed by atoms with Crippen molar-refractivity contribution in [1.29, 1.82) is 0 Å². The Morgan fingerprint density at radius 3 is 1.47 bits per heavy atom. The van der Waals surface area contributed by atoms with Crippen LogP contribution in [0.1, 0.15) is 0 Å². The Kier molecular flexibility index (Phi) is 6.25. The van der Waals surface area contributed by atoms with Crippen molar-refractivity contribution in [2.75, 3.05) is 4.90 Å². The second kappa shape index (κ2) is 11.1. The van der Waals surface area contributed by atoms with Crippen molar-refractivity contribution in [3.63, 3.8) is 0 Å². The summed E-state index contributed by atoms with van der Waals surface area (Å²) in [6.07, 6.45) is 0. The fourth-order valence-electron chi connectivity index (χ4n) is 7.81. The van der Waals surface area contributed by atoms with Crippen molar-refractivity contribution in [2.45, 2.75) is 0 Å². The zero-order valence-corrected chi connectivity index (χ0v) is 26.8. The van der Waals surface area contributed by atoms with Crippen molar-refractivity contribution in [2.24, 2.45) is 0 Å². The Labute approximate surface area is 284 Å². The molecule has 0 fully saturated rings. The second-order valence-electron chi connectivity index (χ2n) is 13.0. The molecule has 10 aromatic carbocycles. The van der Waals surface area contributed by atoms with Crippen LogP contribution in [0.15, 0.2) is 188 Å². The van der Waals surface area contributed by atoms with Gasteiger partial charge in [-0.15, -0.1) is 0 Å². The van der Waals surface area contributed by atoms with Crippen molar-refractivity contribution in [1.82, 2.24) is 0 Å². The van der Waals surface area contributed by atoms with Gasteiger partial charge in [0.1, 0.15) is 0 Å². The maximum absolute atomic E-state index is 2.42. The highest BCUT2D eigenvalue weighted by Gasteiger charge is 2.17. The normalized spacial score (nSPS) is 11.7. The lowest BCUT2D eigenvalue weighted by Crippen LogP contribution is -2.10. The highest BCUT2D eigenvalue weighted by molar-refractivity contribution is 6.25. The number of rotatable bonds is 4. The zero-order chi connectivity index (χ0) is 32.3. The molecule has 0 aromatic heterocycles. The van der Waals surface area contributed by atoms with Gasteiger partial charge in [0.2, 0.25) is 0 Å². The lowest BCUT2D eigenvalue weighted by atomic mass is 9.94. The highest BCUT2D eigenvalue weighted by Crippen LogP contribution is 2.42. The third-order valence-electron chi connectivity index (χ3n) is 10.2. The average Bonchev–Trinajstić information content (AvgIpc) is 3.18. The molecule has 0 N–H and O–H groups in total. The van der Waals surface area contributed by atoms with Crippen LogP contribution in [0, 0.1) is 0 Å². The van der Waals surface area contributed by atoms with Crippen LogP contribution in [0.4, 0.5) is 17.1 Å². The van der Waals surface area contributed by atoms with Crippen LogP contribution in [0.2, 0.25) is 0 Å². The minimum Gasteiger partial charge on any atom is -0.310 e. The van der Waals surface area contributed by atoms with E-state index in [1.807, 2.05) is 0 Å². The van der Waals surface area contributed by atoms with Crippen molar-refractivity contribution in [3.8, 4) is 11.1 Å². The molecule has 0 aliphatic carbocycles. The highest BCUT2D eigenvalue weighted by atomic mass is 15.1. The van der Waals surface area contributed by atoms with Crippen molar-refractivity contribution in [3.05, 3.63) is 188 Å². The van der Waals surface area contributed by atoms with Gasteiger partial charge in [-0.1, -0.05) is 146 Å². The Balaban J connectivity index is 1.21. The Hall–Kier alpha value is -6.44. The summed E-state index contributed by atoms with van der Waals surface area (Å²) >= 11 is 0. The third kappa shape index (κ3) is 4.55. The van der Waals surface area contributed by atoms with E-state index in [2.05, 4.69) is 193 Å². The number of hydrogen-bond donors (Lipinski definition) is 0. The van der Waals surface area contributed by atoms with Gasteiger partial charge in [0.25, 0.3) is 0 Å². The minimum absolute atomic E-state index is 1.12. The summed E-state index contributed by atoms with van der Waals surface area (Å²) in [5.74, 6) is 0. The third-order valence-corrected chi connectivity index (χ3v) is 10.2. The molecule has 0 saturated heterocycles. The molecule has 0 amide bonds. The predicted octanol–water partition coefficient (Wildman–Crippen LogP) is 13.7. The molecule has 228 valence electrons. The Morgan fingerprint density at radius 2 is 0.714 bits per heavy atom. The second-order valence-corrected chi connectivity index (χ2v) is 13.0. The Morgan fingerprint density at radius 1 is 0.224 bits per heavy atom. The van der Waals surface area contributed by atoms with Gasteiger partial charge in [0.05, 0.1) is 0 Å². The molecule has 0 aliphatic heterocycles. The van der Waals surface area contributed by atoms with Gasteiger partial charge in [0.15, 0.2) is 0 Å². The van der Waals surface area contributed by atoms with Gasteiger partial charge >= 0.3 is 0 Å². The first-order valence-electron chi connectivity index (χ1n) is 16.9. The van der Waals surface area contributed by atoms with Gasteiger partial charge in [-0.3, -0.25) is 0 Å². The monoisotopic (exact) mass is 621 g/mol. The SMILES string of the molecule is c1cc(-c2ccc3ccccc3c2)cc(N(c2ccc3c(ccc4ccccc43)c2)c2ccc3c4ccccc4c4ccccc4c3c2)c1. The lowest BCUT2D eigenvalue weighted by Gasteiger charge is -2.27. The van der Waals surface area contributed by atoms with E-state index < -0.39 is 0 Å². The van der Waals surface area contributed by atoms with Crippen LogP contribution in [-0.4, -0.2) is 0 Å². The molecule has 1 nitrogen and oxygen atoms in total. The van der Waals surface area contributed by atoms with E-state index in [9.17, 15) is 0 Å². The summed E-state index contributed by atoms with van der Waals surface area (Å²) in [4.78, 5) is 2.42. The quantitative estimate of drug-likeness (QED) is 0.177. The fourth-order valence-corrected chi connectivity index (χ4v) is 7.81. The lowest BCUT2D eigenvalue weighted by molar-refractivity contribution is 1.30. The molecule has 10 aromatic rings. The predicted molar refractivity (Wildman–Crippen MR) is 212 cm³/mol. The molecule has 0 saturated carbocycles. The van der Waals surface area contributed by atoms with Crippen LogP contribution in [0.25, 0.3) is 75.8 Å². The molecule has 0 unspecified atom stereocenters. The molecule has 0 heterocycles. The summed E-state index contributed by atoms with van der Waals surface area (Å²) in [5.41, 5.74) is 5.78. The first kappa shape index (κ1) is 27.7. The number of benzene rings is 10. The van der Waals surface area contributed by atoms with E-state index in [1.54, 1.807) is 0 Å². The molecular weight excluding hydrogens is 591 g/mol. The molecule has 0 radical (unpaired) electrons. The molecule has 1 heteroatoms. The molecular formula is C48H31N. The summed E-state index contributed by atoms with van der Waals surface area (Å²) in [6.45, 7) is 0. The van der Waals surface area contributed by atoms with Gasteiger partial charge in [-0.05, 0) is 118 Å². The van der Waals surface area contributed by atoms with E-state index in [-0.39, 0.29) is 0 Å². The van der Waals surface area contributed by atoms with E-state index in [0.717, 1.165) is 17.1 Å². The van der Waals surface area contributed by atoms with E-state index in [0.29, 0.717) is 0 Å². The number of anilines is 3.